The molecule has 0 aromatic heterocycles. The second-order valence-electron chi connectivity index (χ2n) is 4.63. The largest absolute Gasteiger partial charge is 0.491 e. The number of likely N-dealkylation sites (N-methyl/N-ethyl adjacent to an activating group) is 1. The fraction of sp³-hybridized carbons (Fsp3) is 0.538. The zero-order valence-corrected chi connectivity index (χ0v) is 11.5. The molecule has 4 heteroatoms. The van der Waals surface area contributed by atoms with Crippen LogP contribution < -0.4 is 4.74 Å². The number of nitrogens with zero attached hydrogens (tertiary/aromatic N) is 1. The van der Waals surface area contributed by atoms with Gasteiger partial charge in [0, 0.05) is 24.2 Å². The highest BCUT2D eigenvalue weighted by Gasteiger charge is 2.22. The number of hydrogen-bond donors (Lipinski definition) is 0. The Morgan fingerprint density at radius 1 is 1.35 bits per heavy atom. The quantitative estimate of drug-likeness (QED) is 0.784. The van der Waals surface area contributed by atoms with Crippen molar-refractivity contribution in [2.24, 2.45) is 5.92 Å². The summed E-state index contributed by atoms with van der Waals surface area (Å²) in [5, 5.41) is 1.26. The van der Waals surface area contributed by atoms with Crippen LogP contribution in [0.2, 0.25) is 10.0 Å². The van der Waals surface area contributed by atoms with E-state index in [2.05, 4.69) is 11.9 Å². The lowest BCUT2D eigenvalue weighted by Crippen LogP contribution is -2.26. The van der Waals surface area contributed by atoms with E-state index in [1.807, 2.05) is 0 Å². The van der Waals surface area contributed by atoms with Gasteiger partial charge in [-0.25, -0.2) is 0 Å². The van der Waals surface area contributed by atoms with E-state index < -0.39 is 0 Å². The summed E-state index contributed by atoms with van der Waals surface area (Å²) in [6.07, 6.45) is 2.76. The molecule has 0 amide bonds. The van der Waals surface area contributed by atoms with Crippen molar-refractivity contribution < 1.29 is 4.74 Å². The first-order valence-electron chi connectivity index (χ1n) is 5.91. The SMILES string of the molecule is CN(CCOc1cc(Cl)ccc1Cl)CC1CC1. The molecule has 0 bridgehead atoms. The highest BCUT2D eigenvalue weighted by atomic mass is 35.5. The van der Waals surface area contributed by atoms with Crippen LogP contribution in [0.25, 0.3) is 0 Å². The summed E-state index contributed by atoms with van der Waals surface area (Å²) in [4.78, 5) is 2.30. The molecule has 1 aliphatic carbocycles. The normalized spacial score (nSPS) is 15.3. The zero-order valence-electron chi connectivity index (χ0n) is 9.96. The summed E-state index contributed by atoms with van der Waals surface area (Å²) in [5.41, 5.74) is 0. The molecule has 0 unspecified atom stereocenters. The monoisotopic (exact) mass is 273 g/mol. The van der Waals surface area contributed by atoms with Crippen LogP contribution in [0.3, 0.4) is 0 Å². The fourth-order valence-corrected chi connectivity index (χ4v) is 2.07. The Morgan fingerprint density at radius 2 is 2.12 bits per heavy atom. The Hall–Kier alpha value is -0.440. The molecule has 1 saturated carbocycles. The van der Waals surface area contributed by atoms with Crippen LogP contribution in [-0.4, -0.2) is 31.6 Å². The molecule has 2 rings (SSSR count). The second-order valence-corrected chi connectivity index (χ2v) is 5.47. The maximum Gasteiger partial charge on any atom is 0.139 e. The summed E-state index contributed by atoms with van der Waals surface area (Å²) >= 11 is 11.9. The molecule has 2 nitrogen and oxygen atoms in total. The highest BCUT2D eigenvalue weighted by Crippen LogP contribution is 2.29. The van der Waals surface area contributed by atoms with Gasteiger partial charge in [-0.1, -0.05) is 23.2 Å². The van der Waals surface area contributed by atoms with Crippen molar-refractivity contribution >= 4 is 23.2 Å². The molecule has 0 radical (unpaired) electrons. The van der Waals surface area contributed by atoms with Crippen LogP contribution in [0.4, 0.5) is 0 Å². The number of hydrogen-bond acceptors (Lipinski definition) is 2. The van der Waals surface area contributed by atoms with E-state index in [0.29, 0.717) is 22.4 Å². The molecule has 17 heavy (non-hydrogen) atoms. The lowest BCUT2D eigenvalue weighted by molar-refractivity contribution is 0.232. The van der Waals surface area contributed by atoms with Gasteiger partial charge in [-0.3, -0.25) is 0 Å². The van der Waals surface area contributed by atoms with Gasteiger partial charge >= 0.3 is 0 Å². The fourth-order valence-electron chi connectivity index (χ4n) is 1.73. The first-order chi connectivity index (χ1) is 8.15. The van der Waals surface area contributed by atoms with Crippen LogP contribution in [0.5, 0.6) is 5.75 Å². The van der Waals surface area contributed by atoms with Crippen molar-refractivity contribution in [1.82, 2.24) is 4.90 Å². The predicted octanol–water partition coefficient (Wildman–Crippen LogP) is 3.71. The Balaban J connectivity index is 1.74. The first-order valence-corrected chi connectivity index (χ1v) is 6.67. The summed E-state index contributed by atoms with van der Waals surface area (Å²) in [5.74, 6) is 1.58. The van der Waals surface area contributed by atoms with Gasteiger partial charge in [-0.15, -0.1) is 0 Å². The molecule has 0 N–H and O–H groups in total. The Kier molecular flexibility index (Phi) is 4.55. The summed E-state index contributed by atoms with van der Waals surface area (Å²) < 4.78 is 5.63. The third-order valence-electron chi connectivity index (χ3n) is 2.89. The number of rotatable bonds is 6. The molecule has 94 valence electrons. The van der Waals surface area contributed by atoms with E-state index in [9.17, 15) is 0 Å². The van der Waals surface area contributed by atoms with E-state index in [1.165, 1.54) is 19.4 Å². The highest BCUT2D eigenvalue weighted by molar-refractivity contribution is 6.34. The molecule has 0 spiro atoms. The average Bonchev–Trinajstić information content (AvgIpc) is 3.07. The van der Waals surface area contributed by atoms with Crippen molar-refractivity contribution in [3.05, 3.63) is 28.2 Å². The maximum absolute atomic E-state index is 6.01. The minimum Gasteiger partial charge on any atom is -0.491 e. The lowest BCUT2D eigenvalue weighted by atomic mass is 10.3. The standard InChI is InChI=1S/C13H17Cl2NO/c1-16(9-10-2-3-10)6-7-17-13-8-11(14)4-5-12(13)15/h4-5,8,10H,2-3,6-7,9H2,1H3. The maximum atomic E-state index is 6.01. The van der Waals surface area contributed by atoms with Gasteiger partial charge < -0.3 is 9.64 Å². The van der Waals surface area contributed by atoms with Crippen molar-refractivity contribution in [1.29, 1.82) is 0 Å². The van der Waals surface area contributed by atoms with Gasteiger partial charge in [0.1, 0.15) is 12.4 Å². The van der Waals surface area contributed by atoms with Crippen molar-refractivity contribution in [3.8, 4) is 5.75 Å². The third-order valence-corrected chi connectivity index (χ3v) is 3.44. The van der Waals surface area contributed by atoms with Crippen LogP contribution in [0.1, 0.15) is 12.8 Å². The molecule has 0 aliphatic heterocycles. The molecule has 1 fully saturated rings. The van der Waals surface area contributed by atoms with Gasteiger partial charge in [-0.05, 0) is 37.9 Å². The van der Waals surface area contributed by atoms with Crippen LogP contribution in [-0.2, 0) is 0 Å². The van der Waals surface area contributed by atoms with Crippen LogP contribution in [0, 0.1) is 5.92 Å². The first kappa shape index (κ1) is 13.0. The molecule has 1 aromatic carbocycles. The minimum absolute atomic E-state index is 0.610. The molecule has 0 heterocycles. The smallest absolute Gasteiger partial charge is 0.139 e. The number of halogens is 2. The molecule has 0 saturated heterocycles. The number of ether oxygens (including phenoxy) is 1. The van der Waals surface area contributed by atoms with Gasteiger partial charge in [-0.2, -0.15) is 0 Å². The van der Waals surface area contributed by atoms with E-state index in [1.54, 1.807) is 18.2 Å². The summed E-state index contributed by atoms with van der Waals surface area (Å²) in [6.45, 7) is 2.73. The van der Waals surface area contributed by atoms with Crippen molar-refractivity contribution in [2.45, 2.75) is 12.8 Å². The molecular formula is C13H17Cl2NO. The topological polar surface area (TPSA) is 12.5 Å². The van der Waals surface area contributed by atoms with Gasteiger partial charge in [0.15, 0.2) is 0 Å². The lowest BCUT2D eigenvalue weighted by Gasteiger charge is -2.16. The summed E-state index contributed by atoms with van der Waals surface area (Å²) in [6, 6.07) is 5.27. The zero-order chi connectivity index (χ0) is 12.3. The Morgan fingerprint density at radius 3 is 2.82 bits per heavy atom. The number of benzene rings is 1. The third kappa shape index (κ3) is 4.38. The van der Waals surface area contributed by atoms with Gasteiger partial charge in [0.2, 0.25) is 0 Å². The second kappa shape index (κ2) is 5.94. The van der Waals surface area contributed by atoms with E-state index in [-0.39, 0.29) is 0 Å². The Bertz CT molecular complexity index is 380. The van der Waals surface area contributed by atoms with E-state index in [0.717, 1.165) is 12.5 Å². The van der Waals surface area contributed by atoms with E-state index >= 15 is 0 Å². The molecular weight excluding hydrogens is 257 g/mol. The minimum atomic E-state index is 0.610. The Labute approximate surface area is 112 Å². The average molecular weight is 274 g/mol. The van der Waals surface area contributed by atoms with Gasteiger partial charge in [0.25, 0.3) is 0 Å². The molecule has 1 aliphatic rings. The molecule has 0 atom stereocenters. The predicted molar refractivity (Wildman–Crippen MR) is 72.2 cm³/mol. The summed E-state index contributed by atoms with van der Waals surface area (Å²) in [7, 11) is 2.13. The van der Waals surface area contributed by atoms with Crippen molar-refractivity contribution in [3.63, 3.8) is 0 Å². The van der Waals surface area contributed by atoms with Crippen LogP contribution in [0.15, 0.2) is 18.2 Å². The van der Waals surface area contributed by atoms with E-state index in [4.69, 9.17) is 27.9 Å². The van der Waals surface area contributed by atoms with Crippen molar-refractivity contribution in [2.75, 3.05) is 26.7 Å². The van der Waals surface area contributed by atoms with Gasteiger partial charge in [0.05, 0.1) is 5.02 Å². The van der Waals surface area contributed by atoms with Crippen LogP contribution >= 0.6 is 23.2 Å². The molecule has 1 aromatic rings.